The van der Waals surface area contributed by atoms with E-state index in [-0.39, 0.29) is 5.91 Å². The van der Waals surface area contributed by atoms with E-state index >= 15 is 0 Å². The highest BCUT2D eigenvalue weighted by Gasteiger charge is 2.49. The summed E-state index contributed by atoms with van der Waals surface area (Å²) in [5.41, 5.74) is 5.39. The Bertz CT molecular complexity index is 1600. The number of nitrogens with zero attached hydrogens (tertiary/aromatic N) is 4. The molecular formula is C33H28N4O2. The summed E-state index contributed by atoms with van der Waals surface area (Å²) in [5.74, 6) is 1.59. The van der Waals surface area contributed by atoms with Crippen molar-refractivity contribution in [3.05, 3.63) is 108 Å². The lowest BCUT2D eigenvalue weighted by atomic mass is 9.95. The van der Waals surface area contributed by atoms with Gasteiger partial charge < -0.3 is 4.74 Å². The summed E-state index contributed by atoms with van der Waals surface area (Å²) in [6, 6.07) is 29.8. The molecule has 0 unspecified atom stereocenters. The van der Waals surface area contributed by atoms with Gasteiger partial charge in [0.05, 0.1) is 31.0 Å². The van der Waals surface area contributed by atoms with Crippen molar-refractivity contribution in [3.8, 4) is 34.2 Å². The van der Waals surface area contributed by atoms with Crippen LogP contribution in [0.3, 0.4) is 0 Å². The summed E-state index contributed by atoms with van der Waals surface area (Å²) < 4.78 is 5.35. The topological polar surface area (TPSA) is 78.6 Å². The number of rotatable bonds is 6. The lowest BCUT2D eigenvalue weighted by Crippen LogP contribution is -2.40. The summed E-state index contributed by atoms with van der Waals surface area (Å²) in [6.07, 6.45) is 5.40. The second-order valence-electron chi connectivity index (χ2n) is 10.1. The highest BCUT2D eigenvalue weighted by Crippen LogP contribution is 2.40. The van der Waals surface area contributed by atoms with Crippen LogP contribution in [0.15, 0.2) is 96.1 Å². The molecule has 2 aliphatic rings. The Labute approximate surface area is 228 Å². The number of pyridine rings is 1. The molecule has 6 nitrogen and oxygen atoms in total. The maximum Gasteiger partial charge on any atom is 0.256 e. The lowest BCUT2D eigenvalue weighted by molar-refractivity contribution is -0.131. The number of amidine groups is 1. The zero-order valence-corrected chi connectivity index (χ0v) is 21.8. The highest BCUT2D eigenvalue weighted by molar-refractivity contribution is 6.15. The van der Waals surface area contributed by atoms with Gasteiger partial charge in [-0.3, -0.25) is 19.7 Å². The summed E-state index contributed by atoms with van der Waals surface area (Å²) >= 11 is 0. The molecule has 6 rings (SSSR count). The molecule has 3 aromatic carbocycles. The number of benzene rings is 3. The quantitative estimate of drug-likeness (QED) is 0.300. The van der Waals surface area contributed by atoms with E-state index in [4.69, 9.17) is 9.73 Å². The van der Waals surface area contributed by atoms with Crippen molar-refractivity contribution in [3.63, 3.8) is 0 Å². The van der Waals surface area contributed by atoms with Crippen LogP contribution < -0.4 is 4.74 Å². The number of carbonyl (C=O) groups excluding carboxylic acids is 1. The standard InChI is InChI=1S/C33H28N4O2/c1-39-28-15-18-35-30(20-28)26-13-14-27(21-34)29(19-26)24-11-9-23(10-12-24)22-37-31(25-7-3-2-4-8-25)36-33(32(37)38)16-5-6-17-33/h2-4,7-15,18-20H,5-6,16-17,22H2,1H3. The molecule has 1 amide bonds. The third-order valence-electron chi connectivity index (χ3n) is 7.69. The molecule has 1 aromatic heterocycles. The van der Waals surface area contributed by atoms with Gasteiger partial charge in [0, 0.05) is 29.0 Å². The Balaban J connectivity index is 1.30. The molecule has 1 fully saturated rings. The largest absolute Gasteiger partial charge is 0.497 e. The molecule has 0 N–H and O–H groups in total. The molecule has 0 saturated heterocycles. The van der Waals surface area contributed by atoms with Crippen LogP contribution >= 0.6 is 0 Å². The summed E-state index contributed by atoms with van der Waals surface area (Å²) in [7, 11) is 1.63. The summed E-state index contributed by atoms with van der Waals surface area (Å²) in [4.78, 5) is 25.0. The van der Waals surface area contributed by atoms with Crippen LogP contribution in [-0.4, -0.2) is 34.3 Å². The minimum atomic E-state index is -0.610. The van der Waals surface area contributed by atoms with Crippen LogP contribution in [0.5, 0.6) is 5.75 Å². The van der Waals surface area contributed by atoms with Gasteiger partial charge in [-0.1, -0.05) is 73.5 Å². The van der Waals surface area contributed by atoms with Crippen LogP contribution in [0.25, 0.3) is 22.4 Å². The smallest absolute Gasteiger partial charge is 0.256 e. The van der Waals surface area contributed by atoms with Gasteiger partial charge in [0.25, 0.3) is 5.91 Å². The fraction of sp³-hybridized carbons (Fsp3) is 0.212. The van der Waals surface area contributed by atoms with Crippen molar-refractivity contribution in [1.82, 2.24) is 9.88 Å². The van der Waals surface area contributed by atoms with Crippen molar-refractivity contribution in [2.24, 2.45) is 4.99 Å². The van der Waals surface area contributed by atoms with Crippen LogP contribution in [0.1, 0.15) is 42.4 Å². The predicted molar refractivity (Wildman–Crippen MR) is 151 cm³/mol. The Morgan fingerprint density at radius 2 is 1.67 bits per heavy atom. The molecule has 1 aliphatic carbocycles. The number of carbonyl (C=O) groups is 1. The zero-order chi connectivity index (χ0) is 26.8. The van der Waals surface area contributed by atoms with Gasteiger partial charge in [0.2, 0.25) is 0 Å². The minimum absolute atomic E-state index is 0.105. The van der Waals surface area contributed by atoms with E-state index < -0.39 is 5.54 Å². The number of methoxy groups -OCH3 is 1. The Morgan fingerprint density at radius 3 is 2.38 bits per heavy atom. The minimum Gasteiger partial charge on any atom is -0.497 e. The number of amides is 1. The average Bonchev–Trinajstić information content (AvgIpc) is 3.58. The normalized spacial score (nSPS) is 15.8. The maximum absolute atomic E-state index is 13.7. The number of aliphatic imine (C=N–C) groups is 1. The van der Waals surface area contributed by atoms with Crippen molar-refractivity contribution >= 4 is 11.7 Å². The number of aromatic nitrogens is 1. The first-order valence-electron chi connectivity index (χ1n) is 13.2. The molecule has 192 valence electrons. The molecule has 4 aromatic rings. The molecule has 39 heavy (non-hydrogen) atoms. The van der Waals surface area contributed by atoms with E-state index in [0.29, 0.717) is 12.1 Å². The molecule has 6 heteroatoms. The van der Waals surface area contributed by atoms with Gasteiger partial charge in [-0.25, -0.2) is 0 Å². The monoisotopic (exact) mass is 512 g/mol. The number of ether oxygens (including phenoxy) is 1. The van der Waals surface area contributed by atoms with Crippen molar-refractivity contribution in [1.29, 1.82) is 5.26 Å². The van der Waals surface area contributed by atoms with Crippen molar-refractivity contribution < 1.29 is 9.53 Å². The van der Waals surface area contributed by atoms with Gasteiger partial charge in [-0.2, -0.15) is 5.26 Å². The molecule has 0 atom stereocenters. The van der Waals surface area contributed by atoms with E-state index in [1.165, 1.54) is 0 Å². The number of hydrogen-bond donors (Lipinski definition) is 0. The Morgan fingerprint density at radius 1 is 0.923 bits per heavy atom. The van der Waals surface area contributed by atoms with E-state index in [9.17, 15) is 10.1 Å². The zero-order valence-electron chi connectivity index (χ0n) is 21.8. The SMILES string of the molecule is COc1ccnc(-c2ccc(C#N)c(-c3ccc(CN4C(=O)C5(CCCC5)N=C4c4ccccc4)cc3)c2)c1. The van der Waals surface area contributed by atoms with Crippen LogP contribution in [0.2, 0.25) is 0 Å². The molecule has 0 radical (unpaired) electrons. The van der Waals surface area contributed by atoms with E-state index in [1.807, 2.05) is 83.8 Å². The van der Waals surface area contributed by atoms with Crippen molar-refractivity contribution in [2.75, 3.05) is 7.11 Å². The average molecular weight is 513 g/mol. The summed E-state index contributed by atoms with van der Waals surface area (Å²) in [6.45, 7) is 0.452. The number of hydrogen-bond acceptors (Lipinski definition) is 5. The third-order valence-corrected chi connectivity index (χ3v) is 7.69. The van der Waals surface area contributed by atoms with Gasteiger partial charge in [0.1, 0.15) is 17.1 Å². The Kier molecular flexibility index (Phi) is 6.42. The van der Waals surface area contributed by atoms with Gasteiger partial charge in [-0.05, 0) is 42.2 Å². The first kappa shape index (κ1) is 24.6. The van der Waals surface area contributed by atoms with Gasteiger partial charge in [-0.15, -0.1) is 0 Å². The fourth-order valence-corrected chi connectivity index (χ4v) is 5.61. The maximum atomic E-state index is 13.7. The van der Waals surface area contributed by atoms with Gasteiger partial charge in [0.15, 0.2) is 0 Å². The molecule has 2 heterocycles. The number of nitriles is 1. The van der Waals surface area contributed by atoms with Gasteiger partial charge >= 0.3 is 0 Å². The van der Waals surface area contributed by atoms with Crippen LogP contribution in [0.4, 0.5) is 0 Å². The van der Waals surface area contributed by atoms with Crippen LogP contribution in [0, 0.1) is 11.3 Å². The van der Waals surface area contributed by atoms with E-state index in [1.54, 1.807) is 19.4 Å². The molecular weight excluding hydrogens is 484 g/mol. The van der Waals surface area contributed by atoms with Crippen LogP contribution in [-0.2, 0) is 11.3 Å². The van der Waals surface area contributed by atoms with Crippen molar-refractivity contribution in [2.45, 2.75) is 37.8 Å². The molecule has 1 aliphatic heterocycles. The fourth-order valence-electron chi connectivity index (χ4n) is 5.61. The first-order chi connectivity index (χ1) is 19.1. The predicted octanol–water partition coefficient (Wildman–Crippen LogP) is 6.40. The van der Waals surface area contributed by atoms with E-state index in [2.05, 4.69) is 11.1 Å². The van der Waals surface area contributed by atoms with E-state index in [0.717, 1.165) is 70.8 Å². The second kappa shape index (κ2) is 10.2. The summed E-state index contributed by atoms with van der Waals surface area (Å²) in [5, 5.41) is 9.79. The first-order valence-corrected chi connectivity index (χ1v) is 13.2. The second-order valence-corrected chi connectivity index (χ2v) is 10.1. The molecule has 1 saturated carbocycles. The molecule has 1 spiro atoms. The Hall–Kier alpha value is -4.76. The third kappa shape index (κ3) is 4.57. The highest BCUT2D eigenvalue weighted by atomic mass is 16.5. The lowest BCUT2D eigenvalue weighted by Gasteiger charge is -2.23. The molecule has 0 bridgehead atoms.